The van der Waals surface area contributed by atoms with Gasteiger partial charge in [0.05, 0.1) is 5.56 Å². The van der Waals surface area contributed by atoms with Gasteiger partial charge in [0.15, 0.2) is 0 Å². The van der Waals surface area contributed by atoms with Gasteiger partial charge in [0.2, 0.25) is 0 Å². The lowest BCUT2D eigenvalue weighted by molar-refractivity contribution is -0.137. The predicted molar refractivity (Wildman–Crippen MR) is 137 cm³/mol. The number of rotatable bonds is 5. The van der Waals surface area contributed by atoms with Gasteiger partial charge in [-0.05, 0) is 66.6 Å². The monoisotopic (exact) mass is 488 g/mol. The number of hydrogen-bond donors (Lipinski definition) is 1. The molecule has 0 aromatic heterocycles. The van der Waals surface area contributed by atoms with E-state index in [4.69, 9.17) is 0 Å². The van der Waals surface area contributed by atoms with Gasteiger partial charge in [-0.25, -0.2) is 0 Å². The molecular formula is C27H31F3N2OS. The molecule has 182 valence electrons. The van der Waals surface area contributed by atoms with Crippen molar-refractivity contribution in [3.8, 4) is 0 Å². The highest BCUT2D eigenvalue weighted by molar-refractivity contribution is 8.13. The van der Waals surface area contributed by atoms with Crippen molar-refractivity contribution >= 4 is 28.4 Å². The first-order valence-corrected chi connectivity index (χ1v) is 12.5. The second-order valence-electron chi connectivity index (χ2n) is 8.36. The molecule has 2 aromatic carbocycles. The van der Waals surface area contributed by atoms with Gasteiger partial charge in [0.1, 0.15) is 0 Å². The first kappa shape index (κ1) is 25.9. The number of anilines is 2. The minimum Gasteiger partial charge on any atom is -0.371 e. The van der Waals surface area contributed by atoms with Crippen molar-refractivity contribution < 1.29 is 18.0 Å². The fraction of sp³-hybridized carbons (Fsp3) is 0.370. The first-order chi connectivity index (χ1) is 16.3. The standard InChI is InChI=1S/C23H25F3N2OS.C4H6/c1-2-12-30-22(29)27-18-13-16-4-3-10-28-11-9-19(20(14-18)21(16)28)15-5-7-17(8-6-15)23(24,25)26;1-3-4-2/h5-8,13-14,19H,2-4,9-12H2,1H3,(H,27,29);3-4H,1-2H2. The number of halogens is 3. The summed E-state index contributed by atoms with van der Waals surface area (Å²) in [5, 5.41) is 2.93. The Labute approximate surface area is 204 Å². The molecule has 2 aliphatic rings. The number of thioether (sulfide) groups is 1. The molecule has 0 aliphatic carbocycles. The summed E-state index contributed by atoms with van der Waals surface area (Å²) in [4.78, 5) is 14.6. The van der Waals surface area contributed by atoms with Crippen molar-refractivity contribution in [3.05, 3.63) is 84.0 Å². The van der Waals surface area contributed by atoms with Crippen LogP contribution in [0.15, 0.2) is 61.7 Å². The van der Waals surface area contributed by atoms with Crippen LogP contribution < -0.4 is 10.2 Å². The lowest BCUT2D eigenvalue weighted by Crippen LogP contribution is -2.36. The fourth-order valence-corrected chi connectivity index (χ4v) is 5.05. The van der Waals surface area contributed by atoms with Crippen LogP contribution in [-0.4, -0.2) is 24.1 Å². The van der Waals surface area contributed by atoms with Crippen molar-refractivity contribution in [1.82, 2.24) is 0 Å². The zero-order valence-electron chi connectivity index (χ0n) is 19.5. The molecule has 4 rings (SSSR count). The Balaban J connectivity index is 0.000000751. The molecule has 0 radical (unpaired) electrons. The van der Waals surface area contributed by atoms with Crippen LogP contribution in [0.5, 0.6) is 0 Å². The highest BCUT2D eigenvalue weighted by atomic mass is 32.2. The maximum atomic E-state index is 13.0. The summed E-state index contributed by atoms with van der Waals surface area (Å²) in [6, 6.07) is 9.61. The lowest BCUT2D eigenvalue weighted by atomic mass is 9.80. The summed E-state index contributed by atoms with van der Waals surface area (Å²) in [7, 11) is 0. The zero-order chi connectivity index (χ0) is 24.7. The summed E-state index contributed by atoms with van der Waals surface area (Å²) in [5.41, 5.74) is 4.56. The molecule has 0 saturated heterocycles. The fourth-order valence-electron chi connectivity index (χ4n) is 4.47. The molecule has 1 unspecified atom stereocenters. The lowest BCUT2D eigenvalue weighted by Gasteiger charge is -2.40. The number of amides is 1. The largest absolute Gasteiger partial charge is 0.416 e. The number of nitrogens with zero attached hydrogens (tertiary/aromatic N) is 1. The third-order valence-electron chi connectivity index (χ3n) is 5.96. The predicted octanol–water partition coefficient (Wildman–Crippen LogP) is 8.03. The number of carbonyl (C=O) groups excluding carboxylic acids is 1. The van der Waals surface area contributed by atoms with Crippen molar-refractivity contribution in [2.75, 3.05) is 29.1 Å². The smallest absolute Gasteiger partial charge is 0.371 e. The molecule has 0 bridgehead atoms. The van der Waals surface area contributed by atoms with Crippen molar-refractivity contribution in [1.29, 1.82) is 0 Å². The summed E-state index contributed by atoms with van der Waals surface area (Å²) in [6.45, 7) is 10.6. The van der Waals surface area contributed by atoms with Crippen LogP contribution in [-0.2, 0) is 12.6 Å². The Kier molecular flexibility index (Phi) is 8.89. The Hall–Kier alpha value is -2.67. The summed E-state index contributed by atoms with van der Waals surface area (Å²) >= 11 is 1.27. The number of nitrogens with one attached hydrogen (secondary N) is 1. The van der Waals surface area contributed by atoms with Crippen LogP contribution in [0, 0.1) is 0 Å². The topological polar surface area (TPSA) is 32.3 Å². The van der Waals surface area contributed by atoms with Crippen LogP contribution in [0.3, 0.4) is 0 Å². The van der Waals surface area contributed by atoms with E-state index < -0.39 is 11.7 Å². The maximum absolute atomic E-state index is 13.0. The number of allylic oxidation sites excluding steroid dienone is 2. The number of carbonyl (C=O) groups is 1. The van der Waals surface area contributed by atoms with Gasteiger partial charge >= 0.3 is 6.18 Å². The first-order valence-electron chi connectivity index (χ1n) is 11.5. The van der Waals surface area contributed by atoms with Gasteiger partial charge in [-0.2, -0.15) is 13.2 Å². The number of hydrogen-bond acceptors (Lipinski definition) is 3. The molecule has 7 heteroatoms. The molecular weight excluding hydrogens is 457 g/mol. The second kappa shape index (κ2) is 11.6. The van der Waals surface area contributed by atoms with E-state index in [0.29, 0.717) is 0 Å². The Morgan fingerprint density at radius 1 is 1.18 bits per heavy atom. The summed E-state index contributed by atoms with van der Waals surface area (Å²) in [5.74, 6) is 0.793. The number of aryl methyl sites for hydroxylation is 1. The normalized spacial score (nSPS) is 16.6. The van der Waals surface area contributed by atoms with Gasteiger partial charge in [-0.1, -0.05) is 56.1 Å². The van der Waals surface area contributed by atoms with E-state index >= 15 is 0 Å². The van der Waals surface area contributed by atoms with E-state index in [1.165, 1.54) is 35.1 Å². The van der Waals surface area contributed by atoms with Gasteiger partial charge in [-0.15, -0.1) is 0 Å². The van der Waals surface area contributed by atoms with Crippen LogP contribution in [0.1, 0.15) is 54.4 Å². The summed E-state index contributed by atoms with van der Waals surface area (Å²) in [6.07, 6.45) is 2.74. The highest BCUT2D eigenvalue weighted by Crippen LogP contribution is 2.45. The zero-order valence-corrected chi connectivity index (χ0v) is 20.3. The van der Waals surface area contributed by atoms with Gasteiger partial charge < -0.3 is 10.2 Å². The molecule has 34 heavy (non-hydrogen) atoms. The third-order valence-corrected chi connectivity index (χ3v) is 6.94. The maximum Gasteiger partial charge on any atom is 0.416 e. The Morgan fingerprint density at radius 3 is 2.50 bits per heavy atom. The number of alkyl halides is 3. The van der Waals surface area contributed by atoms with Crippen molar-refractivity contribution in [2.45, 2.75) is 44.7 Å². The van der Waals surface area contributed by atoms with Crippen molar-refractivity contribution in [2.24, 2.45) is 0 Å². The average Bonchev–Trinajstić information content (AvgIpc) is 2.83. The van der Waals surface area contributed by atoms with Crippen LogP contribution in [0.25, 0.3) is 0 Å². The minimum absolute atomic E-state index is 0.0236. The molecule has 2 aromatic rings. The SMILES string of the molecule is C=CC=C.CCCSC(=O)Nc1cc2c3c(c1)C(c1ccc(C(F)(F)F)cc1)CCN3CCC2. The van der Waals surface area contributed by atoms with Gasteiger partial charge in [0, 0.05) is 36.1 Å². The molecule has 1 N–H and O–H groups in total. The molecule has 2 heterocycles. The molecule has 1 atom stereocenters. The Morgan fingerprint density at radius 2 is 1.88 bits per heavy atom. The van der Waals surface area contributed by atoms with Crippen LogP contribution in [0.4, 0.5) is 29.3 Å². The van der Waals surface area contributed by atoms with Crippen molar-refractivity contribution in [3.63, 3.8) is 0 Å². The molecule has 3 nitrogen and oxygen atoms in total. The Bertz CT molecular complexity index is 1010. The van der Waals surface area contributed by atoms with Gasteiger partial charge in [-0.3, -0.25) is 4.79 Å². The minimum atomic E-state index is -4.33. The van der Waals surface area contributed by atoms with Gasteiger partial charge in [0.25, 0.3) is 5.24 Å². The number of benzene rings is 2. The highest BCUT2D eigenvalue weighted by Gasteiger charge is 2.33. The molecule has 0 saturated carbocycles. The molecule has 0 spiro atoms. The van der Waals surface area contributed by atoms with E-state index in [2.05, 4.69) is 29.4 Å². The van der Waals surface area contributed by atoms with E-state index in [1.807, 2.05) is 13.0 Å². The molecule has 0 fully saturated rings. The van der Waals surface area contributed by atoms with E-state index in [1.54, 1.807) is 24.3 Å². The van der Waals surface area contributed by atoms with E-state index in [-0.39, 0.29) is 11.2 Å². The average molecular weight is 489 g/mol. The molecule has 1 amide bonds. The van der Waals surface area contributed by atoms with E-state index in [9.17, 15) is 18.0 Å². The van der Waals surface area contributed by atoms with Crippen LogP contribution >= 0.6 is 11.8 Å². The summed E-state index contributed by atoms with van der Waals surface area (Å²) < 4.78 is 38.9. The van der Waals surface area contributed by atoms with Crippen LogP contribution in [0.2, 0.25) is 0 Å². The third kappa shape index (κ3) is 6.26. The molecule has 2 aliphatic heterocycles. The second-order valence-corrected chi connectivity index (χ2v) is 9.42. The van der Waals surface area contributed by atoms with E-state index in [0.717, 1.165) is 61.3 Å². The quantitative estimate of drug-likeness (QED) is 0.433.